The number of halogens is 1. The van der Waals surface area contributed by atoms with Crippen molar-refractivity contribution in [2.75, 3.05) is 0 Å². The maximum absolute atomic E-state index is 2.90. The normalized spacial score (nSPS) is 7.06. The van der Waals surface area contributed by atoms with Gasteiger partial charge in [0, 0.05) is 0 Å². The molecule has 0 atom stereocenters. The van der Waals surface area contributed by atoms with Gasteiger partial charge in [0.25, 0.3) is 0 Å². The van der Waals surface area contributed by atoms with Gasteiger partial charge in [0.05, 0.1) is 0 Å². The van der Waals surface area contributed by atoms with Gasteiger partial charge in [0.15, 0.2) is 0 Å². The Labute approximate surface area is 133 Å². The van der Waals surface area contributed by atoms with Crippen LogP contribution in [0.2, 0.25) is 0 Å². The summed E-state index contributed by atoms with van der Waals surface area (Å²) < 4.78 is 0. The molecule has 0 aliphatic heterocycles. The molecule has 0 nitrogen and oxygen atoms in total. The van der Waals surface area contributed by atoms with Crippen LogP contribution >= 0.6 is 11.3 Å². The summed E-state index contributed by atoms with van der Waals surface area (Å²) >= 11 is 1.59. The molecule has 0 bridgehead atoms. The zero-order chi connectivity index (χ0) is 10.6. The molecule has 0 saturated heterocycles. The van der Waals surface area contributed by atoms with E-state index in [-0.39, 0.29) is 38.6 Å². The van der Waals surface area contributed by atoms with Crippen molar-refractivity contribution in [3.05, 3.63) is 83.6 Å². The monoisotopic (exact) mass is 338 g/mol. The first-order valence-corrected chi connectivity index (χ1v) is 5.61. The van der Waals surface area contributed by atoms with Gasteiger partial charge in [-0.1, -0.05) is 0 Å². The maximum atomic E-state index is 2.90. The van der Waals surface area contributed by atoms with E-state index in [0.29, 0.717) is 0 Å². The van der Waals surface area contributed by atoms with Crippen molar-refractivity contribution < 1.29 is 38.6 Å². The molecule has 1 aromatic heterocycles. The summed E-state index contributed by atoms with van der Waals surface area (Å²) in [5, 5.41) is 4.89. The number of hydrogen-bond acceptors (Lipinski definition) is 1. The van der Waals surface area contributed by atoms with E-state index in [9.17, 15) is 0 Å². The third-order valence-electron chi connectivity index (χ3n) is 1.49. The van der Waals surface area contributed by atoms with Crippen LogP contribution in [0.25, 0.3) is 0 Å². The molecule has 17 heavy (non-hydrogen) atoms. The summed E-state index contributed by atoms with van der Waals surface area (Å²) in [6, 6.07) is 23.9. The average molecular weight is 340 g/mol. The zero-order valence-electron chi connectivity index (χ0n) is 9.29. The van der Waals surface area contributed by atoms with Gasteiger partial charge in [-0.05, 0) is 0 Å². The smallest absolute Gasteiger partial charge is 1.00 e. The standard InChI is InChI=1S/2C5H5.C4H3S.ClH.Zr/c3*1-2-4-5-3-1;;/h2*1-5H;1-3H;1H;/q3*-1;;+4/p-1. The molecule has 1 heterocycles. The minimum atomic E-state index is 0. The van der Waals surface area contributed by atoms with Gasteiger partial charge in [-0.15, -0.1) is 5.38 Å². The van der Waals surface area contributed by atoms with Gasteiger partial charge < -0.3 is 23.7 Å². The molecule has 0 radical (unpaired) electrons. The van der Waals surface area contributed by atoms with Crippen molar-refractivity contribution in [2.45, 2.75) is 0 Å². The van der Waals surface area contributed by atoms with E-state index in [1.165, 1.54) is 0 Å². The Morgan fingerprint density at radius 2 is 1.24 bits per heavy atom. The molecule has 86 valence electrons. The van der Waals surface area contributed by atoms with Crippen LogP contribution in [0, 0.1) is 5.38 Å². The summed E-state index contributed by atoms with van der Waals surface area (Å²) in [6.07, 6.45) is 0. The van der Waals surface area contributed by atoms with E-state index in [1.807, 2.05) is 78.2 Å². The summed E-state index contributed by atoms with van der Waals surface area (Å²) in [5.74, 6) is 0. The molecule has 0 spiro atoms. The van der Waals surface area contributed by atoms with Crippen molar-refractivity contribution in [2.24, 2.45) is 0 Å². The largest absolute Gasteiger partial charge is 4.00 e. The van der Waals surface area contributed by atoms with E-state index in [0.717, 1.165) is 0 Å². The predicted molar refractivity (Wildman–Crippen MR) is 67.2 cm³/mol. The topological polar surface area (TPSA) is 0 Å². The third-order valence-corrected chi connectivity index (χ3v) is 2.06. The van der Waals surface area contributed by atoms with Crippen LogP contribution in [0.1, 0.15) is 0 Å². The number of thiophene rings is 1. The molecule has 3 heteroatoms. The van der Waals surface area contributed by atoms with E-state index in [2.05, 4.69) is 5.38 Å². The predicted octanol–water partition coefficient (Wildman–Crippen LogP) is 1.36. The molecule has 0 saturated carbocycles. The van der Waals surface area contributed by atoms with E-state index in [1.54, 1.807) is 11.3 Å². The second kappa shape index (κ2) is 15.6. The van der Waals surface area contributed by atoms with Crippen molar-refractivity contribution in [1.82, 2.24) is 0 Å². The number of hydrogen-bond donors (Lipinski definition) is 0. The molecule has 0 aliphatic carbocycles. The van der Waals surface area contributed by atoms with Crippen molar-refractivity contribution in [1.29, 1.82) is 0 Å². The fourth-order valence-electron chi connectivity index (χ4n) is 0.838. The van der Waals surface area contributed by atoms with Gasteiger partial charge in [-0.3, -0.25) is 0 Å². The van der Waals surface area contributed by atoms with Crippen LogP contribution in [0.15, 0.2) is 78.2 Å². The summed E-state index contributed by atoms with van der Waals surface area (Å²) in [5.41, 5.74) is 0. The molecular formula is C14H13ClSZr. The van der Waals surface area contributed by atoms with Crippen LogP contribution in [0.5, 0.6) is 0 Å². The summed E-state index contributed by atoms with van der Waals surface area (Å²) in [7, 11) is 0. The molecule has 3 aromatic rings. The van der Waals surface area contributed by atoms with Crippen LogP contribution in [-0.2, 0) is 26.2 Å². The van der Waals surface area contributed by atoms with E-state index in [4.69, 9.17) is 0 Å². The quantitative estimate of drug-likeness (QED) is 0.543. The second-order valence-electron chi connectivity index (χ2n) is 2.66. The fourth-order valence-corrected chi connectivity index (χ4v) is 1.23. The van der Waals surface area contributed by atoms with Crippen molar-refractivity contribution in [3.8, 4) is 0 Å². The Balaban J connectivity index is 0. The van der Waals surface area contributed by atoms with E-state index >= 15 is 0 Å². The second-order valence-corrected chi connectivity index (χ2v) is 3.40. The molecule has 3 rings (SSSR count). The Kier molecular flexibility index (Phi) is 17.3. The minimum absolute atomic E-state index is 0. The van der Waals surface area contributed by atoms with Crippen LogP contribution in [-0.4, -0.2) is 0 Å². The van der Waals surface area contributed by atoms with E-state index < -0.39 is 0 Å². The van der Waals surface area contributed by atoms with Gasteiger partial charge >= 0.3 is 26.2 Å². The number of rotatable bonds is 0. The molecule has 0 aliphatic rings. The van der Waals surface area contributed by atoms with Crippen LogP contribution < -0.4 is 12.4 Å². The Morgan fingerprint density at radius 3 is 1.35 bits per heavy atom. The Bertz CT molecular complexity index is 248. The summed E-state index contributed by atoms with van der Waals surface area (Å²) in [4.78, 5) is 0. The molecule has 0 unspecified atom stereocenters. The van der Waals surface area contributed by atoms with Crippen molar-refractivity contribution >= 4 is 11.3 Å². The van der Waals surface area contributed by atoms with Crippen LogP contribution in [0.3, 0.4) is 0 Å². The molecule has 0 fully saturated rings. The molecule has 2 aromatic carbocycles. The minimum Gasteiger partial charge on any atom is -1.00 e. The SMILES string of the molecule is [Cl-].[Zr+4].[c-]1cccs1.c1cc[cH-]c1.c1cc[cH-]c1. The molecule has 0 amide bonds. The van der Waals surface area contributed by atoms with Gasteiger partial charge in [0.1, 0.15) is 0 Å². The van der Waals surface area contributed by atoms with Crippen LogP contribution in [0.4, 0.5) is 0 Å². The fraction of sp³-hybridized carbons (Fsp3) is 0. The first-order chi connectivity index (χ1) is 7.50. The van der Waals surface area contributed by atoms with Gasteiger partial charge in [-0.2, -0.15) is 47.8 Å². The first-order valence-electron chi connectivity index (χ1n) is 4.73. The van der Waals surface area contributed by atoms with Gasteiger partial charge in [-0.25, -0.2) is 30.3 Å². The first kappa shape index (κ1) is 18.9. The van der Waals surface area contributed by atoms with Crippen molar-refractivity contribution in [3.63, 3.8) is 0 Å². The maximum Gasteiger partial charge on any atom is 4.00 e. The Morgan fingerprint density at radius 1 is 0.765 bits per heavy atom. The average Bonchev–Trinajstić information content (AvgIpc) is 3.09. The summed E-state index contributed by atoms with van der Waals surface area (Å²) in [6.45, 7) is 0. The van der Waals surface area contributed by atoms with Gasteiger partial charge in [0.2, 0.25) is 0 Å². The molecule has 0 N–H and O–H groups in total. The zero-order valence-corrected chi connectivity index (χ0v) is 13.3. The third kappa shape index (κ3) is 13.5. The molecular weight excluding hydrogens is 327 g/mol. The Hall–Kier alpha value is -0.427.